The number of nitrogens with zero attached hydrogens (tertiary/aromatic N) is 1. The standard InChI is InChI=1S/C10H11BrN2O/c1-7(13)9-6-8(11)2-3-10(9)14-5-4-12/h2-3,6-7H,5,13H2,1H3/t7-/m1/s1. The van der Waals surface area contributed by atoms with Crippen LogP contribution in [0.3, 0.4) is 0 Å². The van der Waals surface area contributed by atoms with Gasteiger partial charge in [0.1, 0.15) is 11.8 Å². The molecule has 2 N–H and O–H groups in total. The summed E-state index contributed by atoms with van der Waals surface area (Å²) in [6.45, 7) is 1.92. The highest BCUT2D eigenvalue weighted by Gasteiger charge is 2.08. The Bertz CT molecular complexity index is 358. The van der Waals surface area contributed by atoms with Crippen molar-refractivity contribution < 1.29 is 4.74 Å². The highest BCUT2D eigenvalue weighted by Crippen LogP contribution is 2.27. The number of nitrogens with two attached hydrogens (primary N) is 1. The predicted octanol–water partition coefficient (Wildman–Crippen LogP) is 2.37. The van der Waals surface area contributed by atoms with Crippen LogP contribution in [0.5, 0.6) is 5.75 Å². The monoisotopic (exact) mass is 254 g/mol. The Hall–Kier alpha value is -1.05. The molecule has 1 atom stereocenters. The molecule has 0 saturated carbocycles. The summed E-state index contributed by atoms with van der Waals surface area (Å²) in [5.41, 5.74) is 6.67. The molecule has 4 heteroatoms. The van der Waals surface area contributed by atoms with Crippen LogP contribution in [0.2, 0.25) is 0 Å². The first-order valence-electron chi connectivity index (χ1n) is 4.20. The highest BCUT2D eigenvalue weighted by atomic mass is 79.9. The lowest BCUT2D eigenvalue weighted by atomic mass is 10.1. The Labute approximate surface area is 91.6 Å². The number of nitriles is 1. The Kier molecular flexibility index (Phi) is 3.93. The van der Waals surface area contributed by atoms with Crippen LogP contribution in [0.4, 0.5) is 0 Å². The molecule has 0 aromatic heterocycles. The zero-order valence-corrected chi connectivity index (χ0v) is 9.41. The Balaban J connectivity index is 2.97. The van der Waals surface area contributed by atoms with Gasteiger partial charge in [-0.05, 0) is 25.1 Å². The van der Waals surface area contributed by atoms with Gasteiger partial charge in [-0.15, -0.1) is 0 Å². The first-order chi connectivity index (χ1) is 6.65. The summed E-state index contributed by atoms with van der Waals surface area (Å²) in [6, 6.07) is 7.38. The third-order valence-corrected chi connectivity index (χ3v) is 2.25. The van der Waals surface area contributed by atoms with Gasteiger partial charge in [-0.2, -0.15) is 5.26 Å². The fourth-order valence-corrected chi connectivity index (χ4v) is 1.50. The molecule has 0 aliphatic carbocycles. The number of rotatable bonds is 3. The van der Waals surface area contributed by atoms with Crippen LogP contribution in [0, 0.1) is 11.3 Å². The fraction of sp³-hybridized carbons (Fsp3) is 0.300. The Morgan fingerprint density at radius 2 is 2.36 bits per heavy atom. The van der Waals surface area contributed by atoms with E-state index < -0.39 is 0 Å². The molecule has 0 amide bonds. The predicted molar refractivity (Wildman–Crippen MR) is 57.9 cm³/mol. The van der Waals surface area contributed by atoms with Crippen molar-refractivity contribution in [3.05, 3.63) is 28.2 Å². The molecule has 0 unspecified atom stereocenters. The van der Waals surface area contributed by atoms with Crippen LogP contribution in [-0.4, -0.2) is 6.61 Å². The van der Waals surface area contributed by atoms with Crippen LogP contribution in [0.15, 0.2) is 22.7 Å². The van der Waals surface area contributed by atoms with Crippen LogP contribution < -0.4 is 10.5 Å². The normalized spacial score (nSPS) is 11.9. The summed E-state index contributed by atoms with van der Waals surface area (Å²) in [5.74, 6) is 0.671. The Morgan fingerprint density at radius 1 is 1.64 bits per heavy atom. The largest absolute Gasteiger partial charge is 0.478 e. The van der Waals surface area contributed by atoms with Gasteiger partial charge in [-0.1, -0.05) is 15.9 Å². The summed E-state index contributed by atoms with van der Waals surface area (Å²) in [7, 11) is 0. The van der Waals surface area contributed by atoms with Crippen LogP contribution in [-0.2, 0) is 0 Å². The van der Waals surface area contributed by atoms with E-state index in [1.54, 1.807) is 6.07 Å². The zero-order valence-electron chi connectivity index (χ0n) is 7.83. The molecule has 3 nitrogen and oxygen atoms in total. The molecular formula is C10H11BrN2O. The van der Waals surface area contributed by atoms with Gasteiger partial charge in [0.05, 0.1) is 0 Å². The Morgan fingerprint density at radius 3 is 2.93 bits per heavy atom. The molecule has 0 radical (unpaired) electrons. The first-order valence-corrected chi connectivity index (χ1v) is 4.99. The number of benzene rings is 1. The third kappa shape index (κ3) is 2.72. The van der Waals surface area contributed by atoms with Crippen molar-refractivity contribution in [1.29, 1.82) is 5.26 Å². The average Bonchev–Trinajstić information content (AvgIpc) is 2.15. The molecule has 0 fully saturated rings. The SMILES string of the molecule is C[C@@H](N)c1cc(Br)ccc1OCC#N. The van der Waals surface area contributed by atoms with Gasteiger partial charge in [0, 0.05) is 16.1 Å². The number of ether oxygens (including phenoxy) is 1. The molecule has 0 spiro atoms. The van der Waals surface area contributed by atoms with Gasteiger partial charge in [-0.25, -0.2) is 0 Å². The van der Waals surface area contributed by atoms with Gasteiger partial charge in [0.25, 0.3) is 0 Å². The summed E-state index contributed by atoms with van der Waals surface area (Å²) in [6.07, 6.45) is 0. The van der Waals surface area contributed by atoms with E-state index in [1.165, 1.54) is 0 Å². The molecule has 0 heterocycles. The molecule has 0 aliphatic rings. The van der Waals surface area contributed by atoms with Gasteiger partial charge in [0.15, 0.2) is 6.61 Å². The van der Waals surface area contributed by atoms with Crippen molar-refractivity contribution in [2.24, 2.45) is 5.73 Å². The van der Waals surface area contributed by atoms with E-state index in [4.69, 9.17) is 15.7 Å². The minimum atomic E-state index is -0.110. The molecule has 1 aromatic carbocycles. The summed E-state index contributed by atoms with van der Waals surface area (Å²) in [5, 5.41) is 8.40. The van der Waals surface area contributed by atoms with Gasteiger partial charge >= 0.3 is 0 Å². The molecule has 1 rings (SSSR count). The minimum Gasteiger partial charge on any atom is -0.478 e. The molecule has 14 heavy (non-hydrogen) atoms. The molecule has 74 valence electrons. The lowest BCUT2D eigenvalue weighted by Gasteiger charge is -2.12. The van der Waals surface area contributed by atoms with E-state index in [1.807, 2.05) is 25.1 Å². The molecule has 0 saturated heterocycles. The van der Waals surface area contributed by atoms with Gasteiger partial charge < -0.3 is 10.5 Å². The smallest absolute Gasteiger partial charge is 0.174 e. The van der Waals surface area contributed by atoms with Crippen molar-refractivity contribution in [3.8, 4) is 11.8 Å². The second-order valence-electron chi connectivity index (χ2n) is 2.92. The summed E-state index contributed by atoms with van der Waals surface area (Å²) >= 11 is 3.36. The maximum atomic E-state index is 8.40. The molecular weight excluding hydrogens is 244 g/mol. The second kappa shape index (κ2) is 4.99. The highest BCUT2D eigenvalue weighted by molar-refractivity contribution is 9.10. The van der Waals surface area contributed by atoms with E-state index in [0.29, 0.717) is 5.75 Å². The van der Waals surface area contributed by atoms with Crippen LogP contribution >= 0.6 is 15.9 Å². The average molecular weight is 255 g/mol. The second-order valence-corrected chi connectivity index (χ2v) is 3.83. The topological polar surface area (TPSA) is 59.0 Å². The van der Waals surface area contributed by atoms with Crippen molar-refractivity contribution in [3.63, 3.8) is 0 Å². The van der Waals surface area contributed by atoms with E-state index in [0.717, 1.165) is 10.0 Å². The van der Waals surface area contributed by atoms with Crippen molar-refractivity contribution >= 4 is 15.9 Å². The van der Waals surface area contributed by atoms with Crippen LogP contribution in [0.25, 0.3) is 0 Å². The van der Waals surface area contributed by atoms with Crippen molar-refractivity contribution in [2.45, 2.75) is 13.0 Å². The maximum Gasteiger partial charge on any atom is 0.174 e. The maximum absolute atomic E-state index is 8.40. The molecule has 1 aromatic rings. The summed E-state index contributed by atoms with van der Waals surface area (Å²) < 4.78 is 6.19. The van der Waals surface area contributed by atoms with E-state index in [9.17, 15) is 0 Å². The number of hydrogen-bond acceptors (Lipinski definition) is 3. The van der Waals surface area contributed by atoms with E-state index in [2.05, 4.69) is 15.9 Å². The number of halogens is 1. The van der Waals surface area contributed by atoms with E-state index in [-0.39, 0.29) is 12.6 Å². The third-order valence-electron chi connectivity index (χ3n) is 1.75. The van der Waals surface area contributed by atoms with Crippen molar-refractivity contribution in [1.82, 2.24) is 0 Å². The fourth-order valence-electron chi connectivity index (χ4n) is 1.12. The molecule has 0 bridgehead atoms. The quantitative estimate of drug-likeness (QED) is 0.901. The molecule has 0 aliphatic heterocycles. The minimum absolute atomic E-state index is 0.0430. The van der Waals surface area contributed by atoms with Gasteiger partial charge in [0.2, 0.25) is 0 Å². The lowest BCUT2D eigenvalue weighted by molar-refractivity contribution is 0.362. The first kappa shape index (κ1) is 11.0. The lowest BCUT2D eigenvalue weighted by Crippen LogP contribution is -2.08. The zero-order chi connectivity index (χ0) is 10.6. The van der Waals surface area contributed by atoms with Crippen molar-refractivity contribution in [2.75, 3.05) is 6.61 Å². The van der Waals surface area contributed by atoms with Gasteiger partial charge in [-0.3, -0.25) is 0 Å². The van der Waals surface area contributed by atoms with E-state index >= 15 is 0 Å². The van der Waals surface area contributed by atoms with Crippen LogP contribution in [0.1, 0.15) is 18.5 Å². The number of hydrogen-bond donors (Lipinski definition) is 1. The summed E-state index contributed by atoms with van der Waals surface area (Å²) in [4.78, 5) is 0.